The summed E-state index contributed by atoms with van der Waals surface area (Å²) in [4.78, 5) is 11.9. The van der Waals surface area contributed by atoms with Crippen molar-refractivity contribution in [3.63, 3.8) is 0 Å². The van der Waals surface area contributed by atoms with E-state index in [0.717, 1.165) is 5.56 Å². The van der Waals surface area contributed by atoms with Gasteiger partial charge in [-0.05, 0) is 37.0 Å². The zero-order valence-electron chi connectivity index (χ0n) is 11.6. The van der Waals surface area contributed by atoms with E-state index in [1.165, 1.54) is 12.1 Å². The highest BCUT2D eigenvalue weighted by molar-refractivity contribution is 5.77. The summed E-state index contributed by atoms with van der Waals surface area (Å²) < 4.78 is 12.7. The Morgan fingerprint density at radius 1 is 1.26 bits per heavy atom. The highest BCUT2D eigenvalue weighted by Crippen LogP contribution is 2.14. The van der Waals surface area contributed by atoms with E-state index in [1.807, 2.05) is 13.8 Å². The molecule has 1 amide bonds. The van der Waals surface area contributed by atoms with Gasteiger partial charge in [-0.2, -0.15) is 0 Å². The van der Waals surface area contributed by atoms with Gasteiger partial charge in [-0.25, -0.2) is 4.39 Å². The van der Waals surface area contributed by atoms with Gasteiger partial charge in [0.15, 0.2) is 0 Å². The van der Waals surface area contributed by atoms with E-state index in [2.05, 4.69) is 5.32 Å². The van der Waals surface area contributed by atoms with Crippen LogP contribution in [-0.4, -0.2) is 23.2 Å². The molecule has 3 nitrogen and oxygen atoms in total. The number of halogens is 1. The van der Waals surface area contributed by atoms with E-state index in [9.17, 15) is 14.3 Å². The topological polar surface area (TPSA) is 49.3 Å². The maximum atomic E-state index is 12.7. The van der Waals surface area contributed by atoms with Gasteiger partial charge in [-0.15, -0.1) is 0 Å². The van der Waals surface area contributed by atoms with Gasteiger partial charge in [0.05, 0.1) is 12.1 Å². The summed E-state index contributed by atoms with van der Waals surface area (Å²) in [5.41, 5.74) is 0.416. The van der Waals surface area contributed by atoms with Crippen LogP contribution in [0, 0.1) is 5.82 Å². The van der Waals surface area contributed by atoms with Gasteiger partial charge >= 0.3 is 0 Å². The van der Waals surface area contributed by atoms with E-state index >= 15 is 0 Å². The van der Waals surface area contributed by atoms with Crippen LogP contribution in [0.2, 0.25) is 0 Å². The van der Waals surface area contributed by atoms with E-state index in [0.29, 0.717) is 25.7 Å². The second-order valence-corrected chi connectivity index (χ2v) is 4.82. The van der Waals surface area contributed by atoms with Crippen molar-refractivity contribution in [2.75, 3.05) is 6.61 Å². The Hall–Kier alpha value is -1.42. The van der Waals surface area contributed by atoms with Crippen LogP contribution < -0.4 is 5.32 Å². The van der Waals surface area contributed by atoms with Crippen molar-refractivity contribution >= 4 is 5.91 Å². The first-order valence-electron chi connectivity index (χ1n) is 6.71. The fourth-order valence-corrected chi connectivity index (χ4v) is 1.96. The van der Waals surface area contributed by atoms with Crippen molar-refractivity contribution in [1.29, 1.82) is 0 Å². The number of aliphatic hydroxyl groups excluding tert-OH is 1. The number of benzene rings is 1. The molecule has 19 heavy (non-hydrogen) atoms. The summed E-state index contributed by atoms with van der Waals surface area (Å²) in [6.07, 6.45) is 2.30. The number of carbonyl (C=O) groups is 1. The van der Waals surface area contributed by atoms with E-state index in [1.54, 1.807) is 12.1 Å². The smallest absolute Gasteiger partial charge is 0.220 e. The van der Waals surface area contributed by atoms with E-state index in [-0.39, 0.29) is 18.3 Å². The molecule has 0 heterocycles. The number of aryl methyl sites for hydroxylation is 1. The fraction of sp³-hybridized carbons (Fsp3) is 0.533. The minimum Gasteiger partial charge on any atom is -0.394 e. The lowest BCUT2D eigenvalue weighted by Crippen LogP contribution is -2.50. The molecular formula is C15H22FNO2. The number of rotatable bonds is 7. The molecule has 0 aliphatic heterocycles. The maximum Gasteiger partial charge on any atom is 0.220 e. The Morgan fingerprint density at radius 2 is 1.84 bits per heavy atom. The first kappa shape index (κ1) is 15.6. The third-order valence-corrected chi connectivity index (χ3v) is 3.61. The van der Waals surface area contributed by atoms with Gasteiger partial charge < -0.3 is 10.4 Å². The minimum atomic E-state index is -0.514. The molecule has 0 spiro atoms. The van der Waals surface area contributed by atoms with Crippen molar-refractivity contribution in [3.8, 4) is 0 Å². The Morgan fingerprint density at radius 3 is 2.32 bits per heavy atom. The highest BCUT2D eigenvalue weighted by Gasteiger charge is 2.26. The number of hydrogen-bond acceptors (Lipinski definition) is 2. The van der Waals surface area contributed by atoms with Crippen molar-refractivity contribution in [3.05, 3.63) is 35.6 Å². The van der Waals surface area contributed by atoms with Gasteiger partial charge in [0.25, 0.3) is 0 Å². The summed E-state index contributed by atoms with van der Waals surface area (Å²) >= 11 is 0. The zero-order valence-corrected chi connectivity index (χ0v) is 11.6. The number of hydrogen-bond donors (Lipinski definition) is 2. The second-order valence-electron chi connectivity index (χ2n) is 4.82. The summed E-state index contributed by atoms with van der Waals surface area (Å²) in [5, 5.41) is 12.3. The quantitative estimate of drug-likeness (QED) is 0.797. The molecule has 0 atom stereocenters. The summed E-state index contributed by atoms with van der Waals surface area (Å²) in [7, 11) is 0. The van der Waals surface area contributed by atoms with Crippen LogP contribution in [0.4, 0.5) is 4.39 Å². The van der Waals surface area contributed by atoms with Crippen LogP contribution in [0.1, 0.15) is 38.7 Å². The van der Waals surface area contributed by atoms with Crippen LogP contribution in [-0.2, 0) is 11.2 Å². The summed E-state index contributed by atoms with van der Waals surface area (Å²) in [6.45, 7) is 3.84. The largest absolute Gasteiger partial charge is 0.394 e. The first-order chi connectivity index (χ1) is 9.05. The number of aliphatic hydroxyl groups is 1. The summed E-state index contributed by atoms with van der Waals surface area (Å²) in [5.74, 6) is -0.355. The molecule has 1 aromatic carbocycles. The second kappa shape index (κ2) is 7.24. The summed E-state index contributed by atoms with van der Waals surface area (Å²) in [6, 6.07) is 6.15. The Labute approximate surface area is 113 Å². The van der Waals surface area contributed by atoms with Crippen molar-refractivity contribution in [1.82, 2.24) is 5.32 Å². The molecule has 2 N–H and O–H groups in total. The standard InChI is InChI=1S/C15H22FNO2/c1-3-15(4-2,11-18)17-14(19)10-7-12-5-8-13(16)9-6-12/h5-6,8-9,18H,3-4,7,10-11H2,1-2H3,(H,17,19). The molecule has 0 aliphatic rings. The van der Waals surface area contributed by atoms with Crippen molar-refractivity contribution < 1.29 is 14.3 Å². The molecule has 0 saturated heterocycles. The lowest BCUT2D eigenvalue weighted by atomic mass is 9.93. The molecule has 0 fully saturated rings. The van der Waals surface area contributed by atoms with Gasteiger partial charge in [0, 0.05) is 6.42 Å². The third-order valence-electron chi connectivity index (χ3n) is 3.61. The van der Waals surface area contributed by atoms with Gasteiger partial charge in [0.2, 0.25) is 5.91 Å². The first-order valence-corrected chi connectivity index (χ1v) is 6.71. The maximum absolute atomic E-state index is 12.7. The van der Waals surface area contributed by atoms with Crippen LogP contribution in [0.25, 0.3) is 0 Å². The van der Waals surface area contributed by atoms with Gasteiger partial charge in [0.1, 0.15) is 5.82 Å². The number of nitrogens with one attached hydrogen (secondary N) is 1. The average Bonchev–Trinajstić information content (AvgIpc) is 2.44. The monoisotopic (exact) mass is 267 g/mol. The van der Waals surface area contributed by atoms with Crippen LogP contribution >= 0.6 is 0 Å². The van der Waals surface area contributed by atoms with Gasteiger partial charge in [-0.1, -0.05) is 26.0 Å². The molecule has 4 heteroatoms. The Balaban J connectivity index is 2.49. The zero-order chi connectivity index (χ0) is 14.3. The SMILES string of the molecule is CCC(CC)(CO)NC(=O)CCc1ccc(F)cc1. The van der Waals surface area contributed by atoms with Gasteiger partial charge in [-0.3, -0.25) is 4.79 Å². The average molecular weight is 267 g/mol. The minimum absolute atomic E-state index is 0.0533. The molecule has 1 rings (SSSR count). The Bertz CT molecular complexity index is 391. The molecule has 0 aliphatic carbocycles. The molecule has 106 valence electrons. The lowest BCUT2D eigenvalue weighted by Gasteiger charge is -2.30. The molecule has 0 bridgehead atoms. The number of amides is 1. The predicted octanol–water partition coefficient (Wildman–Crippen LogP) is 2.43. The van der Waals surface area contributed by atoms with Crippen LogP contribution in [0.5, 0.6) is 0 Å². The molecule has 0 radical (unpaired) electrons. The third kappa shape index (κ3) is 4.63. The van der Waals surface area contributed by atoms with Crippen LogP contribution in [0.3, 0.4) is 0 Å². The Kier molecular flexibility index (Phi) is 5.96. The molecule has 0 saturated carbocycles. The van der Waals surface area contributed by atoms with Crippen LogP contribution in [0.15, 0.2) is 24.3 Å². The molecule has 0 unspecified atom stereocenters. The molecular weight excluding hydrogens is 245 g/mol. The molecule has 0 aromatic heterocycles. The fourth-order valence-electron chi connectivity index (χ4n) is 1.96. The van der Waals surface area contributed by atoms with Crippen molar-refractivity contribution in [2.24, 2.45) is 0 Å². The normalized spacial score (nSPS) is 11.4. The predicted molar refractivity (Wildman–Crippen MR) is 73.3 cm³/mol. The molecule has 1 aromatic rings. The highest BCUT2D eigenvalue weighted by atomic mass is 19.1. The number of carbonyl (C=O) groups excluding carboxylic acids is 1. The van der Waals surface area contributed by atoms with E-state index < -0.39 is 5.54 Å². The van der Waals surface area contributed by atoms with Crippen molar-refractivity contribution in [2.45, 2.75) is 45.1 Å². The van der Waals surface area contributed by atoms with E-state index in [4.69, 9.17) is 0 Å². The lowest BCUT2D eigenvalue weighted by molar-refractivity contribution is -0.123.